The number of esters is 1. The van der Waals surface area contributed by atoms with Crippen molar-refractivity contribution in [2.75, 3.05) is 18.8 Å². The first-order valence-corrected chi connectivity index (χ1v) is 9.15. The monoisotopic (exact) mass is 434 g/mol. The molecular formula is C18H21BrN5O3+. The standard InChI is InChI=1S/C18H20BrN5O3/c1-26-18(25)17(8-16-9-21-11-22-16)24(23-7-6-20-12-23)13-27-10-14-2-4-15(19)5-3-14/h2-7,9,11-12,17H,8,10,13H2,1H3,(H,21,22)/p+1/t17-/m0/s1. The van der Waals surface area contributed by atoms with Crippen LogP contribution in [0.2, 0.25) is 0 Å². The van der Waals surface area contributed by atoms with Crippen LogP contribution in [0.15, 0.2) is 60.0 Å². The zero-order valence-electron chi connectivity index (χ0n) is 14.8. The Bertz CT molecular complexity index is 821. The first-order chi connectivity index (χ1) is 13.2. The average molecular weight is 435 g/mol. The summed E-state index contributed by atoms with van der Waals surface area (Å²) in [4.78, 5) is 22.5. The van der Waals surface area contributed by atoms with Crippen molar-refractivity contribution >= 4 is 21.9 Å². The molecule has 0 radical (unpaired) electrons. The van der Waals surface area contributed by atoms with Crippen LogP contribution in [0.5, 0.6) is 0 Å². The number of carbonyl (C=O) groups is 1. The van der Waals surface area contributed by atoms with E-state index in [4.69, 9.17) is 9.47 Å². The summed E-state index contributed by atoms with van der Waals surface area (Å²) >= 11 is 3.42. The van der Waals surface area contributed by atoms with Crippen LogP contribution in [-0.2, 0) is 27.3 Å². The van der Waals surface area contributed by atoms with E-state index in [1.807, 2.05) is 30.5 Å². The van der Waals surface area contributed by atoms with Crippen molar-refractivity contribution < 1.29 is 18.9 Å². The second kappa shape index (κ2) is 9.33. The molecule has 1 atom stereocenters. The van der Waals surface area contributed by atoms with Gasteiger partial charge in [0, 0.05) is 22.8 Å². The number of nitrogens with one attached hydrogen (secondary N) is 2. The first kappa shape index (κ1) is 19.1. The number of rotatable bonds is 9. The zero-order valence-corrected chi connectivity index (χ0v) is 16.4. The van der Waals surface area contributed by atoms with Crippen LogP contribution in [0, 0.1) is 0 Å². The van der Waals surface area contributed by atoms with Crippen LogP contribution in [0.25, 0.3) is 0 Å². The molecule has 0 aliphatic heterocycles. The molecule has 1 aromatic carbocycles. The number of H-pyrrole nitrogens is 2. The summed E-state index contributed by atoms with van der Waals surface area (Å²) < 4.78 is 13.7. The third kappa shape index (κ3) is 5.18. The van der Waals surface area contributed by atoms with E-state index in [2.05, 4.69) is 30.9 Å². The van der Waals surface area contributed by atoms with Gasteiger partial charge in [-0.05, 0) is 17.7 Å². The number of imidazole rings is 2. The van der Waals surface area contributed by atoms with Gasteiger partial charge < -0.3 is 14.5 Å². The minimum absolute atomic E-state index is 0.201. The quantitative estimate of drug-likeness (QED) is 0.304. The fraction of sp³-hybridized carbons (Fsp3) is 0.278. The lowest BCUT2D eigenvalue weighted by Gasteiger charge is -2.27. The number of halogens is 1. The van der Waals surface area contributed by atoms with Crippen molar-refractivity contribution in [3.8, 4) is 0 Å². The number of hydrogen-bond acceptors (Lipinski definition) is 5. The molecule has 3 aromatic rings. The normalized spacial score (nSPS) is 11.9. The highest BCUT2D eigenvalue weighted by atomic mass is 79.9. The molecule has 0 spiro atoms. The van der Waals surface area contributed by atoms with Gasteiger partial charge in [0.15, 0.2) is 19.0 Å². The Labute approximate surface area is 165 Å². The number of ether oxygens (including phenoxy) is 2. The molecular weight excluding hydrogens is 414 g/mol. The van der Waals surface area contributed by atoms with Crippen molar-refractivity contribution in [1.82, 2.24) is 15.0 Å². The van der Waals surface area contributed by atoms with Gasteiger partial charge in [-0.15, -0.1) is 4.68 Å². The SMILES string of the molecule is COC(=O)[C@H](Cc1cnc[nH]1)N(COCc1ccc(Br)cc1)[n+]1cc[nH]c1. The molecule has 0 bridgehead atoms. The molecule has 2 heterocycles. The molecule has 142 valence electrons. The van der Waals surface area contributed by atoms with E-state index in [-0.39, 0.29) is 12.7 Å². The predicted octanol–water partition coefficient (Wildman–Crippen LogP) is 1.68. The lowest BCUT2D eigenvalue weighted by molar-refractivity contribution is -0.699. The van der Waals surface area contributed by atoms with Gasteiger partial charge >= 0.3 is 5.97 Å². The van der Waals surface area contributed by atoms with Gasteiger partial charge in [0.1, 0.15) is 6.20 Å². The first-order valence-electron chi connectivity index (χ1n) is 8.35. The highest BCUT2D eigenvalue weighted by Crippen LogP contribution is 2.12. The Morgan fingerprint density at radius 1 is 1.37 bits per heavy atom. The molecule has 0 unspecified atom stereocenters. The van der Waals surface area contributed by atoms with Gasteiger partial charge in [-0.1, -0.05) is 28.1 Å². The Kier molecular flexibility index (Phi) is 6.61. The van der Waals surface area contributed by atoms with Crippen LogP contribution < -0.4 is 9.69 Å². The molecule has 2 aromatic heterocycles. The molecule has 27 heavy (non-hydrogen) atoms. The van der Waals surface area contributed by atoms with Crippen molar-refractivity contribution in [1.29, 1.82) is 0 Å². The maximum Gasteiger partial charge on any atom is 0.332 e. The zero-order chi connectivity index (χ0) is 19.1. The van der Waals surface area contributed by atoms with Crippen molar-refractivity contribution in [3.63, 3.8) is 0 Å². The van der Waals surface area contributed by atoms with E-state index >= 15 is 0 Å². The Morgan fingerprint density at radius 3 is 2.81 bits per heavy atom. The number of nitrogens with zero attached hydrogens (tertiary/aromatic N) is 3. The summed E-state index contributed by atoms with van der Waals surface area (Å²) in [6, 6.07) is 7.32. The third-order valence-electron chi connectivity index (χ3n) is 4.03. The van der Waals surface area contributed by atoms with Crippen LogP contribution in [0.1, 0.15) is 11.3 Å². The minimum Gasteiger partial charge on any atom is -0.467 e. The van der Waals surface area contributed by atoms with Crippen molar-refractivity contribution in [2.24, 2.45) is 0 Å². The van der Waals surface area contributed by atoms with Gasteiger partial charge in [-0.3, -0.25) is 0 Å². The molecule has 2 N–H and O–H groups in total. The van der Waals surface area contributed by atoms with Gasteiger partial charge in [-0.2, -0.15) is 0 Å². The number of carbonyl (C=O) groups excluding carboxylic acids is 1. The molecule has 0 aliphatic rings. The van der Waals surface area contributed by atoms with E-state index in [9.17, 15) is 4.79 Å². The number of benzene rings is 1. The fourth-order valence-corrected chi connectivity index (χ4v) is 2.91. The maximum atomic E-state index is 12.5. The second-order valence-corrected chi connectivity index (χ2v) is 6.77. The van der Waals surface area contributed by atoms with Crippen LogP contribution >= 0.6 is 15.9 Å². The maximum absolute atomic E-state index is 12.5. The largest absolute Gasteiger partial charge is 0.467 e. The average Bonchev–Trinajstić information content (AvgIpc) is 3.39. The summed E-state index contributed by atoms with van der Waals surface area (Å²) in [5.74, 6) is -0.356. The van der Waals surface area contributed by atoms with E-state index in [1.165, 1.54) is 7.11 Å². The van der Waals surface area contributed by atoms with E-state index in [1.54, 1.807) is 34.7 Å². The predicted molar refractivity (Wildman–Crippen MR) is 101 cm³/mol. The van der Waals surface area contributed by atoms with Gasteiger partial charge in [0.2, 0.25) is 0 Å². The Hall–Kier alpha value is -2.65. The number of aromatic nitrogens is 4. The van der Waals surface area contributed by atoms with Gasteiger partial charge in [-0.25, -0.2) is 19.8 Å². The molecule has 0 aliphatic carbocycles. The van der Waals surface area contributed by atoms with Gasteiger partial charge in [0.25, 0.3) is 6.33 Å². The molecule has 8 nitrogen and oxygen atoms in total. The van der Waals surface area contributed by atoms with E-state index < -0.39 is 6.04 Å². The van der Waals surface area contributed by atoms with Crippen molar-refractivity contribution in [2.45, 2.75) is 19.1 Å². The Morgan fingerprint density at radius 2 is 2.19 bits per heavy atom. The molecule has 0 saturated heterocycles. The number of methoxy groups -OCH3 is 1. The van der Waals surface area contributed by atoms with Gasteiger partial charge in [0.05, 0.1) is 20.0 Å². The lowest BCUT2D eigenvalue weighted by atomic mass is 10.1. The van der Waals surface area contributed by atoms with Crippen molar-refractivity contribution in [3.05, 3.63) is 71.2 Å². The highest BCUT2D eigenvalue weighted by molar-refractivity contribution is 9.10. The van der Waals surface area contributed by atoms with Crippen LogP contribution in [0.3, 0.4) is 0 Å². The third-order valence-corrected chi connectivity index (χ3v) is 4.56. The molecule has 0 fully saturated rings. The summed E-state index contributed by atoms with van der Waals surface area (Å²) in [7, 11) is 1.38. The summed E-state index contributed by atoms with van der Waals surface area (Å²) in [6.45, 7) is 0.624. The Balaban J connectivity index is 1.74. The summed E-state index contributed by atoms with van der Waals surface area (Å²) in [5.41, 5.74) is 1.87. The molecule has 0 saturated carbocycles. The summed E-state index contributed by atoms with van der Waals surface area (Å²) in [6.07, 6.45) is 9.01. The molecule has 9 heteroatoms. The highest BCUT2D eigenvalue weighted by Gasteiger charge is 2.31. The lowest BCUT2D eigenvalue weighted by Crippen LogP contribution is -2.65. The van der Waals surface area contributed by atoms with Crippen LogP contribution in [0.4, 0.5) is 0 Å². The fourth-order valence-electron chi connectivity index (χ4n) is 2.65. The summed E-state index contributed by atoms with van der Waals surface area (Å²) in [5, 5.41) is 1.79. The van der Waals surface area contributed by atoms with E-state index in [0.717, 1.165) is 15.7 Å². The minimum atomic E-state index is -0.582. The van der Waals surface area contributed by atoms with Crippen LogP contribution in [-0.4, -0.2) is 40.8 Å². The molecule has 0 amide bonds. The smallest absolute Gasteiger partial charge is 0.332 e. The second-order valence-electron chi connectivity index (χ2n) is 5.85. The number of aromatic amines is 2. The van der Waals surface area contributed by atoms with E-state index in [0.29, 0.717) is 13.0 Å². The molecule has 3 rings (SSSR count). The topological polar surface area (TPSA) is 87.1 Å². The number of hydrogen-bond donors (Lipinski definition) is 2.